The molecule has 6 nitrogen and oxygen atoms in total. The first-order chi connectivity index (χ1) is 16.0. The van der Waals surface area contributed by atoms with Crippen LogP contribution in [-0.2, 0) is 29.0 Å². The molecule has 4 rings (SSSR count). The molecular formula is C24H20ClN3O3S2. The fraction of sp³-hybridized carbons (Fsp3) is 0.125. The number of rotatable bonds is 9. The van der Waals surface area contributed by atoms with Gasteiger partial charge < -0.3 is 15.4 Å². The molecule has 2 aromatic heterocycles. The van der Waals surface area contributed by atoms with Gasteiger partial charge in [-0.2, -0.15) is 0 Å². The van der Waals surface area contributed by atoms with Crippen molar-refractivity contribution in [3.8, 4) is 5.75 Å². The monoisotopic (exact) mass is 497 g/mol. The SMILES string of the molecule is O=C(Cc1csc(NC(=O)Cc2cccs2)n1)Nc1ccc(OCc2ccccc2Cl)cc1. The van der Waals surface area contributed by atoms with Crippen molar-refractivity contribution in [1.29, 1.82) is 0 Å². The van der Waals surface area contributed by atoms with Crippen LogP contribution < -0.4 is 15.4 Å². The molecule has 0 spiro atoms. The van der Waals surface area contributed by atoms with Crippen molar-refractivity contribution in [2.45, 2.75) is 19.4 Å². The lowest BCUT2D eigenvalue weighted by molar-refractivity contribution is -0.116. The van der Waals surface area contributed by atoms with E-state index in [9.17, 15) is 9.59 Å². The first-order valence-corrected chi connectivity index (χ1v) is 12.2. The van der Waals surface area contributed by atoms with E-state index in [1.165, 1.54) is 22.7 Å². The van der Waals surface area contributed by atoms with Gasteiger partial charge in [-0.25, -0.2) is 4.98 Å². The van der Waals surface area contributed by atoms with E-state index in [0.717, 1.165) is 10.4 Å². The Labute approximate surface area is 204 Å². The van der Waals surface area contributed by atoms with E-state index >= 15 is 0 Å². The molecule has 0 bridgehead atoms. The van der Waals surface area contributed by atoms with Crippen LogP contribution in [0.4, 0.5) is 10.8 Å². The Morgan fingerprint density at radius 2 is 1.70 bits per heavy atom. The molecule has 0 unspecified atom stereocenters. The molecule has 0 radical (unpaired) electrons. The highest BCUT2D eigenvalue weighted by molar-refractivity contribution is 7.14. The van der Waals surface area contributed by atoms with E-state index < -0.39 is 0 Å². The molecule has 33 heavy (non-hydrogen) atoms. The molecule has 0 atom stereocenters. The van der Waals surface area contributed by atoms with Crippen LogP contribution in [0.3, 0.4) is 0 Å². The smallest absolute Gasteiger partial charge is 0.231 e. The molecule has 2 heterocycles. The summed E-state index contributed by atoms with van der Waals surface area (Å²) in [4.78, 5) is 29.8. The van der Waals surface area contributed by atoms with Crippen LogP contribution in [0.15, 0.2) is 71.4 Å². The summed E-state index contributed by atoms with van der Waals surface area (Å²) in [6.07, 6.45) is 0.424. The Kier molecular flexibility index (Phi) is 7.72. The number of benzene rings is 2. The van der Waals surface area contributed by atoms with Crippen molar-refractivity contribution < 1.29 is 14.3 Å². The lowest BCUT2D eigenvalue weighted by Gasteiger charge is -2.09. The Balaban J connectivity index is 1.24. The number of thiophene rings is 1. The molecule has 0 saturated carbocycles. The number of nitrogens with one attached hydrogen (secondary N) is 2. The number of carbonyl (C=O) groups is 2. The second-order valence-corrected chi connectivity index (χ2v) is 9.38. The maximum Gasteiger partial charge on any atom is 0.231 e. The number of carbonyl (C=O) groups excluding carboxylic acids is 2. The third-order valence-electron chi connectivity index (χ3n) is 4.54. The molecular weight excluding hydrogens is 478 g/mol. The number of hydrogen-bond acceptors (Lipinski definition) is 6. The van der Waals surface area contributed by atoms with E-state index in [0.29, 0.717) is 40.3 Å². The predicted octanol–water partition coefficient (Wildman–Crippen LogP) is 5.80. The van der Waals surface area contributed by atoms with Gasteiger partial charge in [-0.1, -0.05) is 35.9 Å². The zero-order valence-corrected chi connectivity index (χ0v) is 19.8. The Bertz CT molecular complexity index is 1220. The fourth-order valence-corrected chi connectivity index (χ4v) is 4.58. The minimum Gasteiger partial charge on any atom is -0.489 e. The van der Waals surface area contributed by atoms with Crippen LogP contribution in [0.2, 0.25) is 5.02 Å². The average molecular weight is 498 g/mol. The average Bonchev–Trinajstić information content (AvgIpc) is 3.46. The normalized spacial score (nSPS) is 10.6. The van der Waals surface area contributed by atoms with Gasteiger partial charge in [0.15, 0.2) is 5.13 Å². The Morgan fingerprint density at radius 3 is 2.45 bits per heavy atom. The second-order valence-electron chi connectivity index (χ2n) is 7.08. The molecule has 2 amide bonds. The standard InChI is InChI=1S/C24H20ClN3O3S2/c25-21-6-2-1-4-16(21)14-31-19-9-7-17(8-10-19)26-22(29)12-18-15-33-24(27-18)28-23(30)13-20-5-3-11-32-20/h1-11,15H,12-14H2,(H,26,29)(H,27,28,30). The maximum atomic E-state index is 12.4. The molecule has 168 valence electrons. The van der Waals surface area contributed by atoms with Gasteiger partial charge >= 0.3 is 0 Å². The zero-order valence-electron chi connectivity index (χ0n) is 17.4. The molecule has 0 saturated heterocycles. The van der Waals surface area contributed by atoms with Crippen LogP contribution in [0.25, 0.3) is 0 Å². The third-order valence-corrected chi connectivity index (χ3v) is 6.60. The summed E-state index contributed by atoms with van der Waals surface area (Å²) < 4.78 is 5.76. The number of halogens is 1. The Morgan fingerprint density at radius 1 is 0.909 bits per heavy atom. The van der Waals surface area contributed by atoms with Crippen LogP contribution in [0.5, 0.6) is 5.75 Å². The molecule has 2 aromatic carbocycles. The highest BCUT2D eigenvalue weighted by Crippen LogP contribution is 2.21. The van der Waals surface area contributed by atoms with E-state index in [1.807, 2.05) is 41.8 Å². The number of amides is 2. The number of anilines is 2. The summed E-state index contributed by atoms with van der Waals surface area (Å²) in [6.45, 7) is 0.363. The summed E-state index contributed by atoms with van der Waals surface area (Å²) >= 11 is 8.98. The number of aromatic nitrogens is 1. The minimum atomic E-state index is -0.193. The number of nitrogens with zero attached hydrogens (tertiary/aromatic N) is 1. The first kappa shape index (κ1) is 23.0. The van der Waals surface area contributed by atoms with Crippen LogP contribution in [0, 0.1) is 0 Å². The summed E-state index contributed by atoms with van der Waals surface area (Å²) in [7, 11) is 0. The van der Waals surface area contributed by atoms with Crippen molar-refractivity contribution in [2.24, 2.45) is 0 Å². The molecule has 0 fully saturated rings. The van der Waals surface area contributed by atoms with Gasteiger partial charge in [0.05, 0.1) is 18.5 Å². The maximum absolute atomic E-state index is 12.4. The summed E-state index contributed by atoms with van der Waals surface area (Å²) in [6, 6.07) is 18.5. The summed E-state index contributed by atoms with van der Waals surface area (Å²) in [5.41, 5.74) is 2.16. The molecule has 2 N–H and O–H groups in total. The van der Waals surface area contributed by atoms with Crippen LogP contribution in [0.1, 0.15) is 16.1 Å². The lowest BCUT2D eigenvalue weighted by Crippen LogP contribution is -2.15. The Hall–Kier alpha value is -3.20. The first-order valence-electron chi connectivity index (χ1n) is 10.1. The largest absolute Gasteiger partial charge is 0.489 e. The number of ether oxygens (including phenoxy) is 1. The van der Waals surface area contributed by atoms with Crippen LogP contribution >= 0.6 is 34.3 Å². The molecule has 9 heteroatoms. The zero-order chi connectivity index (χ0) is 23.0. The predicted molar refractivity (Wildman–Crippen MR) is 133 cm³/mol. The topological polar surface area (TPSA) is 80.3 Å². The van der Waals surface area contributed by atoms with Crippen molar-refractivity contribution >= 4 is 56.9 Å². The van der Waals surface area contributed by atoms with Gasteiger partial charge in [0.1, 0.15) is 12.4 Å². The number of thiazole rings is 1. The lowest BCUT2D eigenvalue weighted by atomic mass is 10.2. The van der Waals surface area contributed by atoms with Crippen molar-refractivity contribution in [2.75, 3.05) is 10.6 Å². The summed E-state index contributed by atoms with van der Waals surface area (Å²) in [5.74, 6) is 0.358. The van der Waals surface area contributed by atoms with Gasteiger partial charge in [0.25, 0.3) is 0 Å². The van der Waals surface area contributed by atoms with Gasteiger partial charge in [-0.15, -0.1) is 22.7 Å². The second kappa shape index (κ2) is 11.1. The molecule has 0 aliphatic heterocycles. The highest BCUT2D eigenvalue weighted by Gasteiger charge is 2.11. The summed E-state index contributed by atoms with van der Waals surface area (Å²) in [5, 5.41) is 10.5. The van der Waals surface area contributed by atoms with Crippen molar-refractivity contribution in [1.82, 2.24) is 4.98 Å². The van der Waals surface area contributed by atoms with Gasteiger partial charge in [-0.3, -0.25) is 9.59 Å². The van der Waals surface area contributed by atoms with Gasteiger partial charge in [0, 0.05) is 26.5 Å². The van der Waals surface area contributed by atoms with Crippen molar-refractivity contribution in [3.05, 3.63) is 92.6 Å². The van der Waals surface area contributed by atoms with Crippen LogP contribution in [-0.4, -0.2) is 16.8 Å². The van der Waals surface area contributed by atoms with E-state index in [-0.39, 0.29) is 18.2 Å². The third kappa shape index (κ3) is 6.89. The van der Waals surface area contributed by atoms with E-state index in [2.05, 4.69) is 15.6 Å². The van der Waals surface area contributed by atoms with E-state index in [4.69, 9.17) is 16.3 Å². The molecule has 0 aliphatic rings. The minimum absolute atomic E-state index is 0.113. The number of hydrogen-bond donors (Lipinski definition) is 2. The quantitative estimate of drug-likeness (QED) is 0.306. The van der Waals surface area contributed by atoms with E-state index in [1.54, 1.807) is 29.6 Å². The van der Waals surface area contributed by atoms with Gasteiger partial charge in [-0.05, 0) is 41.8 Å². The highest BCUT2D eigenvalue weighted by atomic mass is 35.5. The van der Waals surface area contributed by atoms with Crippen molar-refractivity contribution in [3.63, 3.8) is 0 Å². The molecule has 4 aromatic rings. The fourth-order valence-electron chi connectivity index (χ4n) is 2.96. The van der Waals surface area contributed by atoms with Gasteiger partial charge in [0.2, 0.25) is 11.8 Å². The molecule has 0 aliphatic carbocycles.